The van der Waals surface area contributed by atoms with Crippen LogP contribution in [-0.2, 0) is 6.18 Å². The van der Waals surface area contributed by atoms with Gasteiger partial charge in [-0.15, -0.1) is 0 Å². The van der Waals surface area contributed by atoms with Crippen molar-refractivity contribution in [2.75, 3.05) is 13.1 Å². The van der Waals surface area contributed by atoms with E-state index in [0.29, 0.717) is 35.8 Å². The standard InChI is InChI=1S/C25H24ClF3N4O2/c1-15-11-18(12-31-32-15)24(34)33-10-9-21(22(14-33)17-3-6-20(26)7-4-17)16(2)35-23-8-5-19(13-30-23)25(27,28)29/h3-8,11-13,16,21-22H,9-10,14H2,1-2H3/t16-,21+,22+/m0/s1. The van der Waals surface area contributed by atoms with Crippen molar-refractivity contribution in [3.8, 4) is 5.88 Å². The maximum atomic E-state index is 13.2. The third-order valence-corrected chi connectivity index (χ3v) is 6.50. The first-order valence-corrected chi connectivity index (χ1v) is 11.5. The number of halogens is 4. The molecule has 0 bridgehead atoms. The van der Waals surface area contributed by atoms with Crippen LogP contribution in [0.4, 0.5) is 13.2 Å². The number of benzene rings is 1. The predicted molar refractivity (Wildman–Crippen MR) is 124 cm³/mol. The molecule has 1 amide bonds. The van der Waals surface area contributed by atoms with Crippen LogP contribution >= 0.6 is 11.6 Å². The van der Waals surface area contributed by atoms with Crippen LogP contribution in [0.3, 0.4) is 0 Å². The molecule has 1 saturated heterocycles. The number of alkyl halides is 3. The second-order valence-corrected chi connectivity index (χ2v) is 9.09. The average molecular weight is 505 g/mol. The van der Waals surface area contributed by atoms with Gasteiger partial charge in [0, 0.05) is 42.2 Å². The normalized spacial score (nSPS) is 19.3. The Morgan fingerprint density at radius 1 is 1.17 bits per heavy atom. The van der Waals surface area contributed by atoms with Crippen molar-refractivity contribution in [3.63, 3.8) is 0 Å². The summed E-state index contributed by atoms with van der Waals surface area (Å²) in [6.07, 6.45) is -1.95. The first-order valence-electron chi connectivity index (χ1n) is 11.2. The van der Waals surface area contributed by atoms with Gasteiger partial charge in [-0.25, -0.2) is 4.98 Å². The molecule has 0 spiro atoms. The maximum absolute atomic E-state index is 13.2. The fourth-order valence-electron chi connectivity index (χ4n) is 4.45. The number of nitrogens with zero attached hydrogens (tertiary/aromatic N) is 4. The monoisotopic (exact) mass is 504 g/mol. The van der Waals surface area contributed by atoms with Crippen LogP contribution in [0.1, 0.15) is 46.4 Å². The van der Waals surface area contributed by atoms with Crippen molar-refractivity contribution < 1.29 is 22.7 Å². The number of hydrogen-bond donors (Lipinski definition) is 0. The Hall–Kier alpha value is -3.20. The lowest BCUT2D eigenvalue weighted by Gasteiger charge is -2.41. The highest BCUT2D eigenvalue weighted by Gasteiger charge is 2.37. The lowest BCUT2D eigenvalue weighted by molar-refractivity contribution is -0.137. The number of ether oxygens (including phenoxy) is 1. The number of aromatic nitrogens is 3. The molecule has 1 fully saturated rings. The van der Waals surface area contributed by atoms with Gasteiger partial charge in [-0.3, -0.25) is 4.79 Å². The van der Waals surface area contributed by atoms with Crippen LogP contribution in [0.5, 0.6) is 5.88 Å². The molecule has 3 aromatic rings. The average Bonchev–Trinajstić information content (AvgIpc) is 2.83. The van der Waals surface area contributed by atoms with E-state index in [2.05, 4.69) is 15.2 Å². The molecule has 3 heterocycles. The van der Waals surface area contributed by atoms with Crippen LogP contribution in [-0.4, -0.2) is 45.2 Å². The van der Waals surface area contributed by atoms with Crippen molar-refractivity contribution >= 4 is 17.5 Å². The Bertz CT molecular complexity index is 1170. The van der Waals surface area contributed by atoms with Crippen molar-refractivity contribution in [1.29, 1.82) is 0 Å². The summed E-state index contributed by atoms with van der Waals surface area (Å²) >= 11 is 6.09. The molecule has 0 radical (unpaired) electrons. The van der Waals surface area contributed by atoms with E-state index in [1.54, 1.807) is 30.0 Å². The number of pyridine rings is 1. The highest BCUT2D eigenvalue weighted by atomic mass is 35.5. The highest BCUT2D eigenvalue weighted by molar-refractivity contribution is 6.30. The first kappa shape index (κ1) is 24.9. The molecule has 35 heavy (non-hydrogen) atoms. The second-order valence-electron chi connectivity index (χ2n) is 8.65. The quantitative estimate of drug-likeness (QED) is 0.454. The van der Waals surface area contributed by atoms with Crippen molar-refractivity contribution in [2.45, 2.75) is 38.5 Å². The minimum atomic E-state index is -4.46. The largest absolute Gasteiger partial charge is 0.474 e. The van der Waals surface area contributed by atoms with Crippen molar-refractivity contribution in [2.24, 2.45) is 5.92 Å². The molecule has 6 nitrogen and oxygen atoms in total. The molecular weight excluding hydrogens is 481 g/mol. The van der Waals surface area contributed by atoms with Crippen LogP contribution in [0.15, 0.2) is 54.9 Å². The molecule has 4 rings (SSSR count). The van der Waals surface area contributed by atoms with E-state index >= 15 is 0 Å². The van der Waals surface area contributed by atoms with E-state index in [9.17, 15) is 18.0 Å². The van der Waals surface area contributed by atoms with Gasteiger partial charge in [-0.05, 0) is 50.1 Å². The fourth-order valence-corrected chi connectivity index (χ4v) is 4.57. The summed E-state index contributed by atoms with van der Waals surface area (Å²) in [7, 11) is 0. The lowest BCUT2D eigenvalue weighted by Crippen LogP contribution is -2.46. The van der Waals surface area contributed by atoms with Gasteiger partial charge in [0.05, 0.1) is 23.0 Å². The Kier molecular flexibility index (Phi) is 7.25. The summed E-state index contributed by atoms with van der Waals surface area (Å²) in [6, 6.07) is 11.3. The molecule has 1 aliphatic heterocycles. The van der Waals surface area contributed by atoms with Gasteiger partial charge in [-0.2, -0.15) is 23.4 Å². The van der Waals surface area contributed by atoms with E-state index in [1.807, 2.05) is 19.1 Å². The van der Waals surface area contributed by atoms with E-state index in [-0.39, 0.29) is 29.7 Å². The summed E-state index contributed by atoms with van der Waals surface area (Å²) in [5.41, 5.74) is 1.30. The zero-order chi connectivity index (χ0) is 25.2. The van der Waals surface area contributed by atoms with E-state index in [0.717, 1.165) is 17.8 Å². The molecule has 0 unspecified atom stereocenters. The Balaban J connectivity index is 1.55. The Morgan fingerprint density at radius 2 is 1.91 bits per heavy atom. The summed E-state index contributed by atoms with van der Waals surface area (Å²) in [6.45, 7) is 4.60. The summed E-state index contributed by atoms with van der Waals surface area (Å²) in [5.74, 6) is -0.0949. The Labute approximate surface area is 206 Å². The van der Waals surface area contributed by atoms with Gasteiger partial charge in [-0.1, -0.05) is 23.7 Å². The number of rotatable bonds is 5. The van der Waals surface area contributed by atoms with E-state index in [4.69, 9.17) is 16.3 Å². The molecule has 10 heteroatoms. The third-order valence-electron chi connectivity index (χ3n) is 6.25. The predicted octanol–water partition coefficient (Wildman–Crippen LogP) is 5.57. The molecule has 184 valence electrons. The lowest BCUT2D eigenvalue weighted by atomic mass is 9.77. The molecule has 3 atom stereocenters. The number of piperidine rings is 1. The number of hydrogen-bond acceptors (Lipinski definition) is 5. The zero-order valence-corrected chi connectivity index (χ0v) is 19.9. The molecule has 1 aromatic carbocycles. The Morgan fingerprint density at radius 3 is 2.54 bits per heavy atom. The second kappa shape index (κ2) is 10.2. The van der Waals surface area contributed by atoms with E-state index < -0.39 is 11.7 Å². The number of aryl methyl sites for hydroxylation is 1. The highest BCUT2D eigenvalue weighted by Crippen LogP contribution is 2.37. The van der Waals surface area contributed by atoms with E-state index in [1.165, 1.54) is 12.3 Å². The zero-order valence-electron chi connectivity index (χ0n) is 19.2. The number of likely N-dealkylation sites (tertiary alicyclic amines) is 1. The molecule has 1 aliphatic rings. The molecule has 0 N–H and O–H groups in total. The number of amides is 1. The van der Waals surface area contributed by atoms with Crippen LogP contribution in [0.2, 0.25) is 5.02 Å². The summed E-state index contributed by atoms with van der Waals surface area (Å²) in [5, 5.41) is 8.41. The first-order chi connectivity index (χ1) is 16.6. The molecule has 0 aliphatic carbocycles. The SMILES string of the molecule is Cc1cc(C(=O)N2CC[C@H]([C@H](C)Oc3ccc(C(F)(F)F)cn3)[C@@H](c3ccc(Cl)cc3)C2)cnn1. The fraction of sp³-hybridized carbons (Fsp3) is 0.360. The summed E-state index contributed by atoms with van der Waals surface area (Å²) < 4.78 is 44.5. The third kappa shape index (κ3) is 5.90. The van der Waals surface area contributed by atoms with Gasteiger partial charge < -0.3 is 9.64 Å². The van der Waals surface area contributed by atoms with Gasteiger partial charge in [0.25, 0.3) is 5.91 Å². The molecular formula is C25H24ClF3N4O2. The van der Waals surface area contributed by atoms with Gasteiger partial charge >= 0.3 is 6.18 Å². The van der Waals surface area contributed by atoms with Crippen LogP contribution in [0.25, 0.3) is 0 Å². The van der Waals surface area contributed by atoms with Crippen molar-refractivity contribution in [3.05, 3.63) is 82.3 Å². The molecule has 2 aromatic heterocycles. The minimum absolute atomic E-state index is 0.0124. The van der Waals surface area contributed by atoms with Crippen LogP contribution < -0.4 is 4.74 Å². The summed E-state index contributed by atoms with van der Waals surface area (Å²) in [4.78, 5) is 18.8. The number of carbonyl (C=O) groups is 1. The minimum Gasteiger partial charge on any atom is -0.474 e. The van der Waals surface area contributed by atoms with Gasteiger partial charge in [0.2, 0.25) is 5.88 Å². The van der Waals surface area contributed by atoms with Gasteiger partial charge in [0.1, 0.15) is 6.10 Å². The van der Waals surface area contributed by atoms with Gasteiger partial charge in [0.15, 0.2) is 0 Å². The van der Waals surface area contributed by atoms with Crippen molar-refractivity contribution in [1.82, 2.24) is 20.1 Å². The topological polar surface area (TPSA) is 68.2 Å². The smallest absolute Gasteiger partial charge is 0.417 e. The molecule has 0 saturated carbocycles. The maximum Gasteiger partial charge on any atom is 0.417 e. The number of carbonyl (C=O) groups excluding carboxylic acids is 1. The van der Waals surface area contributed by atoms with Crippen LogP contribution in [0, 0.1) is 12.8 Å².